The first kappa shape index (κ1) is 14.0. The molecule has 2 heterocycles. The van der Waals surface area contributed by atoms with Crippen LogP contribution in [0.15, 0.2) is 22.7 Å². The van der Waals surface area contributed by atoms with Gasteiger partial charge in [-0.2, -0.15) is 0 Å². The first-order chi connectivity index (χ1) is 9.54. The lowest BCUT2D eigenvalue weighted by Crippen LogP contribution is -2.44. The van der Waals surface area contributed by atoms with Crippen molar-refractivity contribution in [1.29, 1.82) is 0 Å². The van der Waals surface area contributed by atoms with Crippen LogP contribution in [0, 0.1) is 10.1 Å². The SMILES string of the molecule is O=[N+]([O-])c1cc(Br)ccc1CN1C2CCC1CC(O)C2. The molecule has 2 atom stereocenters. The van der Waals surface area contributed by atoms with Gasteiger partial charge in [-0.05, 0) is 37.8 Å². The van der Waals surface area contributed by atoms with E-state index in [0.29, 0.717) is 18.6 Å². The zero-order valence-electron chi connectivity index (χ0n) is 11.0. The third kappa shape index (κ3) is 2.60. The number of halogens is 1. The van der Waals surface area contributed by atoms with Gasteiger partial charge in [-0.3, -0.25) is 15.0 Å². The summed E-state index contributed by atoms with van der Waals surface area (Å²) in [6.45, 7) is 0.603. The molecule has 2 aliphatic rings. The van der Waals surface area contributed by atoms with Gasteiger partial charge in [0, 0.05) is 34.7 Å². The minimum absolute atomic E-state index is 0.171. The Balaban J connectivity index is 1.84. The highest BCUT2D eigenvalue weighted by Gasteiger charge is 2.40. The number of aliphatic hydroxyl groups excluding tert-OH is 1. The van der Waals surface area contributed by atoms with Crippen molar-refractivity contribution >= 4 is 21.6 Å². The molecule has 2 unspecified atom stereocenters. The largest absolute Gasteiger partial charge is 0.393 e. The Morgan fingerprint density at radius 2 is 2.00 bits per heavy atom. The van der Waals surface area contributed by atoms with Crippen LogP contribution in [0.25, 0.3) is 0 Å². The van der Waals surface area contributed by atoms with Crippen molar-refractivity contribution in [2.45, 2.75) is 50.4 Å². The molecule has 0 aliphatic carbocycles. The second-order valence-electron chi connectivity index (χ2n) is 5.71. The van der Waals surface area contributed by atoms with Crippen molar-refractivity contribution < 1.29 is 10.0 Å². The Labute approximate surface area is 125 Å². The van der Waals surface area contributed by atoms with Crippen molar-refractivity contribution in [3.05, 3.63) is 38.3 Å². The van der Waals surface area contributed by atoms with E-state index in [4.69, 9.17) is 0 Å². The second-order valence-corrected chi connectivity index (χ2v) is 6.63. The number of aliphatic hydroxyl groups is 1. The Hall–Kier alpha value is -0.980. The molecule has 5 nitrogen and oxygen atoms in total. The summed E-state index contributed by atoms with van der Waals surface area (Å²) in [6.07, 6.45) is 3.56. The number of fused-ring (bicyclic) bond motifs is 2. The molecule has 1 N–H and O–H groups in total. The molecule has 20 heavy (non-hydrogen) atoms. The van der Waals surface area contributed by atoms with Gasteiger partial charge in [-0.1, -0.05) is 15.9 Å². The van der Waals surface area contributed by atoms with Crippen LogP contribution in [-0.2, 0) is 6.54 Å². The maximum absolute atomic E-state index is 11.2. The molecule has 2 aliphatic heterocycles. The van der Waals surface area contributed by atoms with Gasteiger partial charge in [0.15, 0.2) is 0 Å². The van der Waals surface area contributed by atoms with Crippen molar-refractivity contribution in [2.75, 3.05) is 0 Å². The summed E-state index contributed by atoms with van der Waals surface area (Å²) < 4.78 is 0.727. The number of benzene rings is 1. The average molecular weight is 341 g/mol. The predicted molar refractivity (Wildman–Crippen MR) is 78.4 cm³/mol. The Morgan fingerprint density at radius 3 is 2.60 bits per heavy atom. The molecule has 0 radical (unpaired) electrons. The van der Waals surface area contributed by atoms with E-state index < -0.39 is 0 Å². The van der Waals surface area contributed by atoms with E-state index >= 15 is 0 Å². The molecular formula is C14H17BrN2O3. The summed E-state index contributed by atoms with van der Waals surface area (Å²) in [4.78, 5) is 13.2. The summed E-state index contributed by atoms with van der Waals surface area (Å²) in [5.74, 6) is 0. The number of piperidine rings is 1. The van der Waals surface area contributed by atoms with Crippen molar-refractivity contribution in [2.24, 2.45) is 0 Å². The zero-order valence-corrected chi connectivity index (χ0v) is 12.6. The van der Waals surface area contributed by atoms with Gasteiger partial charge in [0.1, 0.15) is 0 Å². The molecule has 108 valence electrons. The van der Waals surface area contributed by atoms with Crippen LogP contribution in [0.2, 0.25) is 0 Å². The Morgan fingerprint density at radius 1 is 1.35 bits per heavy atom. The summed E-state index contributed by atoms with van der Waals surface area (Å²) in [7, 11) is 0. The molecular weight excluding hydrogens is 324 g/mol. The van der Waals surface area contributed by atoms with E-state index in [1.54, 1.807) is 6.07 Å². The van der Waals surface area contributed by atoms with Crippen LogP contribution in [0.5, 0.6) is 0 Å². The normalized spacial score (nSPS) is 29.6. The second kappa shape index (κ2) is 5.42. The first-order valence-corrected chi connectivity index (χ1v) is 7.70. The highest BCUT2D eigenvalue weighted by Crippen LogP contribution is 2.38. The number of hydrogen-bond donors (Lipinski definition) is 1. The lowest BCUT2D eigenvalue weighted by molar-refractivity contribution is -0.385. The fourth-order valence-electron chi connectivity index (χ4n) is 3.54. The van der Waals surface area contributed by atoms with Crippen LogP contribution in [-0.4, -0.2) is 33.1 Å². The quantitative estimate of drug-likeness (QED) is 0.678. The maximum Gasteiger partial charge on any atom is 0.275 e. The van der Waals surface area contributed by atoms with Gasteiger partial charge >= 0.3 is 0 Å². The van der Waals surface area contributed by atoms with Crippen molar-refractivity contribution in [1.82, 2.24) is 4.90 Å². The minimum Gasteiger partial charge on any atom is -0.393 e. The monoisotopic (exact) mass is 340 g/mol. The molecule has 0 spiro atoms. The number of hydrogen-bond acceptors (Lipinski definition) is 4. The van der Waals surface area contributed by atoms with Gasteiger partial charge in [-0.15, -0.1) is 0 Å². The van der Waals surface area contributed by atoms with Gasteiger partial charge in [-0.25, -0.2) is 0 Å². The van der Waals surface area contributed by atoms with Crippen LogP contribution in [0.1, 0.15) is 31.2 Å². The van der Waals surface area contributed by atoms with E-state index in [9.17, 15) is 15.2 Å². The minimum atomic E-state index is -0.319. The van der Waals surface area contributed by atoms with E-state index in [0.717, 1.165) is 35.7 Å². The zero-order chi connectivity index (χ0) is 14.3. The smallest absolute Gasteiger partial charge is 0.275 e. The number of nitro groups is 1. The van der Waals surface area contributed by atoms with Crippen molar-refractivity contribution in [3.63, 3.8) is 0 Å². The lowest BCUT2D eigenvalue weighted by atomic mass is 9.99. The molecule has 2 saturated heterocycles. The van der Waals surface area contributed by atoms with Crippen LogP contribution in [0.3, 0.4) is 0 Å². The van der Waals surface area contributed by atoms with E-state index in [1.807, 2.05) is 12.1 Å². The lowest BCUT2D eigenvalue weighted by Gasteiger charge is -2.37. The van der Waals surface area contributed by atoms with Gasteiger partial charge < -0.3 is 5.11 Å². The average Bonchev–Trinajstić information content (AvgIpc) is 2.63. The molecule has 0 aromatic heterocycles. The standard InChI is InChI=1S/C14H17BrN2O3/c15-10-2-1-9(14(5-10)17(19)20)8-16-11-3-4-12(16)7-13(18)6-11/h1-2,5,11-13,18H,3-4,6-8H2. The first-order valence-electron chi connectivity index (χ1n) is 6.91. The summed E-state index contributed by atoms with van der Waals surface area (Å²) in [5.41, 5.74) is 0.927. The third-order valence-electron chi connectivity index (χ3n) is 4.46. The molecule has 0 amide bonds. The topological polar surface area (TPSA) is 66.6 Å². The molecule has 3 rings (SSSR count). The fourth-order valence-corrected chi connectivity index (χ4v) is 3.89. The Kier molecular flexibility index (Phi) is 3.79. The maximum atomic E-state index is 11.2. The highest BCUT2D eigenvalue weighted by molar-refractivity contribution is 9.10. The molecule has 6 heteroatoms. The molecule has 0 saturated carbocycles. The number of nitro benzene ring substituents is 1. The molecule has 1 aromatic rings. The summed E-state index contributed by atoms with van der Waals surface area (Å²) in [5, 5.41) is 21.0. The molecule has 1 aromatic carbocycles. The van der Waals surface area contributed by atoms with Crippen LogP contribution in [0.4, 0.5) is 5.69 Å². The van der Waals surface area contributed by atoms with Crippen LogP contribution >= 0.6 is 15.9 Å². The highest BCUT2D eigenvalue weighted by atomic mass is 79.9. The van der Waals surface area contributed by atoms with Gasteiger partial charge in [0.05, 0.1) is 11.0 Å². The summed E-state index contributed by atoms with van der Waals surface area (Å²) in [6, 6.07) is 5.98. The van der Waals surface area contributed by atoms with Gasteiger partial charge in [0.2, 0.25) is 0 Å². The van der Waals surface area contributed by atoms with Gasteiger partial charge in [0.25, 0.3) is 5.69 Å². The fraction of sp³-hybridized carbons (Fsp3) is 0.571. The Bertz CT molecular complexity index is 523. The molecule has 2 fully saturated rings. The van der Waals surface area contributed by atoms with Crippen molar-refractivity contribution in [3.8, 4) is 0 Å². The third-order valence-corrected chi connectivity index (χ3v) is 4.95. The summed E-state index contributed by atoms with van der Waals surface area (Å²) >= 11 is 3.28. The van der Waals surface area contributed by atoms with E-state index in [2.05, 4.69) is 20.8 Å². The number of nitrogens with zero attached hydrogens (tertiary/aromatic N) is 2. The van der Waals surface area contributed by atoms with E-state index in [1.165, 1.54) is 0 Å². The molecule has 2 bridgehead atoms. The predicted octanol–water partition coefficient (Wildman–Crippen LogP) is 2.85. The number of rotatable bonds is 3. The van der Waals surface area contributed by atoms with Crippen LogP contribution < -0.4 is 0 Å². The van der Waals surface area contributed by atoms with E-state index in [-0.39, 0.29) is 16.7 Å².